The van der Waals surface area contributed by atoms with E-state index in [9.17, 15) is 0 Å². The third kappa shape index (κ3) is 4.46. The molecule has 0 bridgehead atoms. The molecule has 0 N–H and O–H groups in total. The van der Waals surface area contributed by atoms with E-state index in [0.717, 1.165) is 16.4 Å². The predicted molar refractivity (Wildman–Crippen MR) is 89.6 cm³/mol. The lowest BCUT2D eigenvalue weighted by molar-refractivity contribution is -0.903. The second-order valence-corrected chi connectivity index (χ2v) is 8.06. The smallest absolute Gasteiger partial charge is 0.104 e. The average molecular weight is 329 g/mol. The lowest BCUT2D eigenvalue weighted by atomic mass is 9.68. The zero-order chi connectivity index (χ0) is 14.7. The third-order valence-corrected chi connectivity index (χ3v) is 5.29. The molecule has 0 aromatic heterocycles. The van der Waals surface area contributed by atoms with Gasteiger partial charge in [-0.25, -0.2) is 0 Å². The number of alkyl halides is 1. The molecular formula is C17H31BrN+. The van der Waals surface area contributed by atoms with E-state index in [1.807, 2.05) is 0 Å². The maximum Gasteiger partial charge on any atom is 0.104 e. The fourth-order valence-electron chi connectivity index (χ4n) is 2.91. The normalized spacial score (nSPS) is 25.4. The Morgan fingerprint density at radius 2 is 2.11 bits per heavy atom. The molecular weight excluding hydrogens is 298 g/mol. The second kappa shape index (κ2) is 6.58. The summed E-state index contributed by atoms with van der Waals surface area (Å²) < 4.78 is 1.04. The highest BCUT2D eigenvalue weighted by Gasteiger charge is 2.31. The van der Waals surface area contributed by atoms with Crippen molar-refractivity contribution in [1.82, 2.24) is 0 Å². The van der Waals surface area contributed by atoms with Crippen LogP contribution in [0.2, 0.25) is 0 Å². The van der Waals surface area contributed by atoms with E-state index in [4.69, 9.17) is 0 Å². The highest BCUT2D eigenvalue weighted by Crippen LogP contribution is 2.41. The largest absolute Gasteiger partial charge is 0.322 e. The Kier molecular flexibility index (Phi) is 5.88. The van der Waals surface area contributed by atoms with Crippen LogP contribution in [0.4, 0.5) is 0 Å². The maximum absolute atomic E-state index is 3.56. The van der Waals surface area contributed by atoms with Gasteiger partial charge in [0.25, 0.3) is 0 Å². The summed E-state index contributed by atoms with van der Waals surface area (Å²) in [5.74, 6) is 0.604. The molecule has 0 aliphatic heterocycles. The lowest BCUT2D eigenvalue weighted by Crippen LogP contribution is -2.47. The van der Waals surface area contributed by atoms with E-state index in [1.165, 1.54) is 12.8 Å². The minimum Gasteiger partial charge on any atom is -0.322 e. The Hall–Kier alpha value is -0.0800. The molecule has 0 radical (unpaired) electrons. The van der Waals surface area contributed by atoms with Crippen LogP contribution in [0.5, 0.6) is 0 Å². The SMILES string of the molecule is CC1=CCCC(C)(C)C1C=CC(C)[N+](C)(C)CCBr. The topological polar surface area (TPSA) is 0 Å². The molecule has 2 unspecified atom stereocenters. The van der Waals surface area contributed by atoms with Gasteiger partial charge < -0.3 is 4.48 Å². The first-order valence-electron chi connectivity index (χ1n) is 7.44. The maximum atomic E-state index is 3.56. The fraction of sp³-hybridized carbons (Fsp3) is 0.765. The fourth-order valence-corrected chi connectivity index (χ4v) is 3.82. The number of halogens is 1. The zero-order valence-corrected chi connectivity index (χ0v) is 15.1. The Balaban J connectivity index is 2.80. The van der Waals surface area contributed by atoms with E-state index in [1.54, 1.807) is 5.57 Å². The van der Waals surface area contributed by atoms with Gasteiger partial charge in [-0.15, -0.1) is 0 Å². The summed E-state index contributed by atoms with van der Waals surface area (Å²) in [5, 5.41) is 1.06. The summed E-state index contributed by atoms with van der Waals surface area (Å²) >= 11 is 3.56. The molecule has 0 aromatic rings. The second-order valence-electron chi connectivity index (χ2n) is 7.27. The molecule has 110 valence electrons. The van der Waals surface area contributed by atoms with Gasteiger partial charge in [-0.3, -0.25) is 0 Å². The van der Waals surface area contributed by atoms with Crippen molar-refractivity contribution in [3.8, 4) is 0 Å². The quantitative estimate of drug-likeness (QED) is 0.387. The molecule has 0 aromatic carbocycles. The van der Waals surface area contributed by atoms with E-state index in [2.05, 4.69) is 75.9 Å². The average Bonchev–Trinajstić information content (AvgIpc) is 2.27. The van der Waals surface area contributed by atoms with Crippen LogP contribution in [0.25, 0.3) is 0 Å². The van der Waals surface area contributed by atoms with Gasteiger partial charge in [0.05, 0.1) is 26.0 Å². The molecule has 0 fully saturated rings. The Morgan fingerprint density at radius 3 is 2.63 bits per heavy atom. The molecule has 2 heteroatoms. The molecule has 0 amide bonds. The van der Waals surface area contributed by atoms with Crippen LogP contribution >= 0.6 is 15.9 Å². The first-order valence-corrected chi connectivity index (χ1v) is 8.56. The molecule has 0 spiro atoms. The van der Waals surface area contributed by atoms with Crippen LogP contribution in [0.15, 0.2) is 23.8 Å². The first kappa shape index (κ1) is 17.0. The summed E-state index contributed by atoms with van der Waals surface area (Å²) in [5.41, 5.74) is 1.95. The first-order chi connectivity index (χ1) is 8.70. The molecule has 2 atom stereocenters. The van der Waals surface area contributed by atoms with Gasteiger partial charge in [-0.05, 0) is 38.2 Å². The molecule has 19 heavy (non-hydrogen) atoms. The van der Waals surface area contributed by atoms with Gasteiger partial charge in [-0.2, -0.15) is 0 Å². The van der Waals surface area contributed by atoms with E-state index >= 15 is 0 Å². The van der Waals surface area contributed by atoms with E-state index < -0.39 is 0 Å². The Labute approximate surface area is 128 Å². The number of hydrogen-bond acceptors (Lipinski definition) is 0. The summed E-state index contributed by atoms with van der Waals surface area (Å²) in [7, 11) is 4.62. The van der Waals surface area contributed by atoms with Crippen LogP contribution in [0.1, 0.15) is 40.5 Å². The van der Waals surface area contributed by atoms with Crippen LogP contribution in [0, 0.1) is 11.3 Å². The number of hydrogen-bond donors (Lipinski definition) is 0. The highest BCUT2D eigenvalue weighted by atomic mass is 79.9. The molecule has 1 nitrogen and oxygen atoms in total. The van der Waals surface area contributed by atoms with Crippen molar-refractivity contribution in [2.75, 3.05) is 26.0 Å². The summed E-state index contributed by atoms with van der Waals surface area (Å²) in [6.07, 6.45) is 9.85. The van der Waals surface area contributed by atoms with Gasteiger partial charge >= 0.3 is 0 Å². The molecule has 0 saturated carbocycles. The lowest BCUT2D eigenvalue weighted by Gasteiger charge is -2.38. The summed E-state index contributed by atoms with van der Waals surface area (Å²) in [6.45, 7) is 10.6. The van der Waals surface area contributed by atoms with Crippen molar-refractivity contribution >= 4 is 15.9 Å². The molecule has 0 heterocycles. The van der Waals surface area contributed by atoms with Crippen molar-refractivity contribution in [3.63, 3.8) is 0 Å². The van der Waals surface area contributed by atoms with Gasteiger partial charge in [0, 0.05) is 5.92 Å². The Morgan fingerprint density at radius 1 is 1.47 bits per heavy atom. The van der Waals surface area contributed by atoms with E-state index in [-0.39, 0.29) is 0 Å². The minimum absolute atomic E-state index is 0.404. The monoisotopic (exact) mass is 328 g/mol. The van der Waals surface area contributed by atoms with Gasteiger partial charge in [-0.1, -0.05) is 47.5 Å². The number of rotatable bonds is 5. The third-order valence-electron chi connectivity index (χ3n) is 4.93. The van der Waals surface area contributed by atoms with Gasteiger partial charge in [0.2, 0.25) is 0 Å². The predicted octanol–water partition coefficient (Wildman–Crippen LogP) is 4.78. The van der Waals surface area contributed by atoms with Crippen molar-refractivity contribution < 1.29 is 4.48 Å². The number of nitrogens with zero attached hydrogens (tertiary/aromatic N) is 1. The summed E-state index contributed by atoms with van der Waals surface area (Å²) in [6, 6.07) is 0.558. The van der Waals surface area contributed by atoms with Crippen molar-refractivity contribution in [2.24, 2.45) is 11.3 Å². The van der Waals surface area contributed by atoms with Gasteiger partial charge in [0.1, 0.15) is 6.04 Å². The van der Waals surface area contributed by atoms with Crippen LogP contribution in [0.3, 0.4) is 0 Å². The molecule has 0 saturated heterocycles. The molecule has 1 rings (SSSR count). The molecule has 1 aliphatic carbocycles. The minimum atomic E-state index is 0.404. The molecule has 1 aliphatic rings. The zero-order valence-electron chi connectivity index (χ0n) is 13.5. The van der Waals surface area contributed by atoms with Gasteiger partial charge in [0.15, 0.2) is 0 Å². The number of allylic oxidation sites excluding steroid dienone is 3. The van der Waals surface area contributed by atoms with Crippen LogP contribution in [-0.2, 0) is 0 Å². The van der Waals surface area contributed by atoms with E-state index in [0.29, 0.717) is 17.4 Å². The number of likely N-dealkylation sites (N-methyl/N-ethyl adjacent to an activating group) is 1. The highest BCUT2D eigenvalue weighted by molar-refractivity contribution is 9.09. The van der Waals surface area contributed by atoms with Crippen LogP contribution in [-0.4, -0.2) is 36.5 Å². The Bertz CT molecular complexity index is 352. The summed E-state index contributed by atoms with van der Waals surface area (Å²) in [4.78, 5) is 0. The van der Waals surface area contributed by atoms with Crippen molar-refractivity contribution in [1.29, 1.82) is 0 Å². The standard InChI is InChI=1S/C17H31BrN/c1-14-8-7-11-17(3,4)16(14)10-9-15(2)19(5,6)13-12-18/h8-10,15-16H,7,11-13H2,1-6H3/q+1. The van der Waals surface area contributed by atoms with Crippen LogP contribution < -0.4 is 0 Å². The van der Waals surface area contributed by atoms with Crippen molar-refractivity contribution in [2.45, 2.75) is 46.6 Å². The van der Waals surface area contributed by atoms with Crippen molar-refractivity contribution in [3.05, 3.63) is 23.8 Å². The number of quaternary nitrogens is 1.